The van der Waals surface area contributed by atoms with Crippen LogP contribution in [-0.2, 0) is 0 Å². The van der Waals surface area contributed by atoms with Gasteiger partial charge < -0.3 is 20.1 Å². The molecule has 0 saturated heterocycles. The molecule has 6 aromatic rings. The van der Waals surface area contributed by atoms with Gasteiger partial charge in [-0.2, -0.15) is 0 Å². The molecule has 0 unspecified atom stereocenters. The van der Waals surface area contributed by atoms with Gasteiger partial charge in [-0.15, -0.1) is 0 Å². The van der Waals surface area contributed by atoms with E-state index in [1.54, 1.807) is 0 Å². The highest BCUT2D eigenvalue weighted by molar-refractivity contribution is 5.78. The molecule has 0 bridgehead atoms. The third kappa shape index (κ3) is 5.82. The molecule has 0 aliphatic carbocycles. The quantitative estimate of drug-likeness (QED) is 0.199. The van der Waals surface area contributed by atoms with E-state index in [1.807, 2.05) is 146 Å². The summed E-state index contributed by atoms with van der Waals surface area (Å²) in [5, 5.41) is 6.93. The lowest BCUT2D eigenvalue weighted by Gasteiger charge is -2.18. The van der Waals surface area contributed by atoms with Gasteiger partial charge >= 0.3 is 0 Å². The van der Waals surface area contributed by atoms with Gasteiger partial charge in [0, 0.05) is 22.5 Å². The molecule has 0 saturated carbocycles. The van der Waals surface area contributed by atoms with Crippen molar-refractivity contribution in [2.45, 2.75) is 0 Å². The molecule has 40 heavy (non-hydrogen) atoms. The summed E-state index contributed by atoms with van der Waals surface area (Å²) in [6.45, 7) is 0. The van der Waals surface area contributed by atoms with Gasteiger partial charge in [-0.25, -0.2) is 0 Å². The van der Waals surface area contributed by atoms with E-state index in [0.29, 0.717) is 0 Å². The van der Waals surface area contributed by atoms with Crippen molar-refractivity contribution in [2.75, 3.05) is 10.6 Å². The first kappa shape index (κ1) is 24.8. The number of nitrogens with one attached hydrogen (secondary N) is 2. The fourth-order valence-electron chi connectivity index (χ4n) is 4.47. The average Bonchev–Trinajstić information content (AvgIpc) is 3.01. The number of hydrogen-bond donors (Lipinski definition) is 2. The van der Waals surface area contributed by atoms with E-state index in [2.05, 4.69) is 22.8 Å². The van der Waals surface area contributed by atoms with Crippen LogP contribution in [0.1, 0.15) is 0 Å². The summed E-state index contributed by atoms with van der Waals surface area (Å²) in [6.07, 6.45) is 0. The Kier molecular flexibility index (Phi) is 7.40. The second-order valence-electron chi connectivity index (χ2n) is 9.17. The Morgan fingerprint density at radius 2 is 0.625 bits per heavy atom. The normalized spacial score (nSPS) is 10.5. The molecule has 0 aliphatic rings. The molecule has 6 aromatic carbocycles. The van der Waals surface area contributed by atoms with Crippen LogP contribution in [0.3, 0.4) is 0 Å². The number of anilines is 4. The lowest BCUT2D eigenvalue weighted by atomic mass is 10.0. The highest BCUT2D eigenvalue weighted by Gasteiger charge is 2.15. The summed E-state index contributed by atoms with van der Waals surface area (Å²) in [5.41, 5.74) is 5.62. The maximum Gasteiger partial charge on any atom is 0.150 e. The molecule has 0 aromatic heterocycles. The molecule has 0 fully saturated rings. The van der Waals surface area contributed by atoms with Crippen molar-refractivity contribution in [1.29, 1.82) is 0 Å². The van der Waals surface area contributed by atoms with Gasteiger partial charge in [-0.3, -0.25) is 0 Å². The van der Waals surface area contributed by atoms with Crippen molar-refractivity contribution in [3.8, 4) is 34.1 Å². The van der Waals surface area contributed by atoms with Crippen molar-refractivity contribution < 1.29 is 9.47 Å². The molecule has 4 heteroatoms. The molecule has 0 amide bonds. The molecular weight excluding hydrogens is 492 g/mol. The van der Waals surface area contributed by atoms with Crippen LogP contribution in [0.2, 0.25) is 0 Å². The SMILES string of the molecule is c1ccc(Nc2ccccc2Oc2ccccc2-c2ccccc2Oc2ccccc2Nc2ccccc2)cc1. The van der Waals surface area contributed by atoms with E-state index in [1.165, 1.54) is 0 Å². The predicted octanol–water partition coefficient (Wildman–Crippen LogP) is 10.4. The van der Waals surface area contributed by atoms with E-state index >= 15 is 0 Å². The third-order valence-electron chi connectivity index (χ3n) is 6.38. The summed E-state index contributed by atoms with van der Waals surface area (Å²) in [5.74, 6) is 2.93. The van der Waals surface area contributed by atoms with Crippen LogP contribution < -0.4 is 20.1 Å². The van der Waals surface area contributed by atoms with Gasteiger partial charge in [-0.05, 0) is 60.7 Å². The summed E-state index contributed by atoms with van der Waals surface area (Å²) in [7, 11) is 0. The number of rotatable bonds is 9. The molecule has 2 N–H and O–H groups in total. The van der Waals surface area contributed by atoms with E-state index in [9.17, 15) is 0 Å². The first-order valence-electron chi connectivity index (χ1n) is 13.2. The average molecular weight is 521 g/mol. The summed E-state index contributed by atoms with van der Waals surface area (Å²) >= 11 is 0. The van der Waals surface area contributed by atoms with E-state index in [-0.39, 0.29) is 0 Å². The minimum absolute atomic E-state index is 0.731. The lowest BCUT2D eigenvalue weighted by molar-refractivity contribution is 0.479. The smallest absolute Gasteiger partial charge is 0.150 e. The minimum Gasteiger partial charge on any atom is -0.455 e. The fourth-order valence-corrected chi connectivity index (χ4v) is 4.47. The van der Waals surface area contributed by atoms with Crippen molar-refractivity contribution in [2.24, 2.45) is 0 Å². The zero-order valence-electron chi connectivity index (χ0n) is 21.8. The zero-order valence-corrected chi connectivity index (χ0v) is 21.8. The monoisotopic (exact) mass is 520 g/mol. The Morgan fingerprint density at radius 3 is 1.05 bits per heavy atom. The standard InChI is InChI=1S/C36H28N2O2/c1-3-15-27(16-4-1)37-31-21-9-13-25-35(31)39-33-23-11-7-19-29(33)30-20-8-12-24-34(30)40-36-26-14-10-22-32(36)38-28-17-5-2-6-18-28/h1-26,37-38H. The second-order valence-corrected chi connectivity index (χ2v) is 9.17. The van der Waals surface area contributed by atoms with Crippen molar-refractivity contribution in [3.63, 3.8) is 0 Å². The van der Waals surface area contributed by atoms with Crippen LogP contribution in [0.25, 0.3) is 11.1 Å². The Balaban J connectivity index is 1.32. The summed E-state index contributed by atoms with van der Waals surface area (Å²) < 4.78 is 13.1. The van der Waals surface area contributed by atoms with Crippen molar-refractivity contribution in [3.05, 3.63) is 158 Å². The Bertz CT molecular complexity index is 1570. The second kappa shape index (κ2) is 11.9. The van der Waals surface area contributed by atoms with Gasteiger partial charge in [0.25, 0.3) is 0 Å². The maximum absolute atomic E-state index is 6.54. The number of hydrogen-bond acceptors (Lipinski definition) is 4. The highest BCUT2D eigenvalue weighted by atomic mass is 16.5. The minimum atomic E-state index is 0.731. The van der Waals surface area contributed by atoms with Crippen LogP contribution >= 0.6 is 0 Å². The lowest BCUT2D eigenvalue weighted by Crippen LogP contribution is -1.97. The number of benzene rings is 6. The molecule has 0 heterocycles. The van der Waals surface area contributed by atoms with Crippen LogP contribution in [-0.4, -0.2) is 0 Å². The molecule has 194 valence electrons. The van der Waals surface area contributed by atoms with E-state index in [0.717, 1.165) is 56.9 Å². The topological polar surface area (TPSA) is 42.5 Å². The Labute approximate surface area is 234 Å². The van der Waals surface area contributed by atoms with Crippen LogP contribution in [0.4, 0.5) is 22.7 Å². The molecule has 6 rings (SSSR count). The maximum atomic E-state index is 6.54. The molecule has 0 radical (unpaired) electrons. The largest absolute Gasteiger partial charge is 0.455 e. The summed E-state index contributed by atoms with van der Waals surface area (Å²) in [4.78, 5) is 0. The van der Waals surface area contributed by atoms with Gasteiger partial charge in [0.2, 0.25) is 0 Å². The molecule has 4 nitrogen and oxygen atoms in total. The third-order valence-corrected chi connectivity index (χ3v) is 6.38. The van der Waals surface area contributed by atoms with Gasteiger partial charge in [0.1, 0.15) is 11.5 Å². The summed E-state index contributed by atoms with van der Waals surface area (Å²) in [6, 6.07) is 52.1. The highest BCUT2D eigenvalue weighted by Crippen LogP contribution is 2.42. The number of para-hydroxylation sites is 8. The Morgan fingerprint density at radius 1 is 0.300 bits per heavy atom. The van der Waals surface area contributed by atoms with E-state index in [4.69, 9.17) is 9.47 Å². The van der Waals surface area contributed by atoms with E-state index < -0.39 is 0 Å². The molecule has 0 spiro atoms. The molecular formula is C36H28N2O2. The Hall–Kier alpha value is -5.48. The first-order chi connectivity index (χ1) is 19.8. The van der Waals surface area contributed by atoms with Gasteiger partial charge in [0.05, 0.1) is 11.4 Å². The predicted molar refractivity (Wildman–Crippen MR) is 164 cm³/mol. The van der Waals surface area contributed by atoms with Crippen LogP contribution in [0, 0.1) is 0 Å². The van der Waals surface area contributed by atoms with Crippen molar-refractivity contribution >= 4 is 22.7 Å². The molecule has 0 atom stereocenters. The number of ether oxygens (including phenoxy) is 2. The van der Waals surface area contributed by atoms with Gasteiger partial charge in [0.15, 0.2) is 11.5 Å². The zero-order chi connectivity index (χ0) is 27.0. The van der Waals surface area contributed by atoms with Crippen LogP contribution in [0.15, 0.2) is 158 Å². The van der Waals surface area contributed by atoms with Crippen LogP contribution in [0.5, 0.6) is 23.0 Å². The van der Waals surface area contributed by atoms with Crippen molar-refractivity contribution in [1.82, 2.24) is 0 Å². The van der Waals surface area contributed by atoms with Gasteiger partial charge in [-0.1, -0.05) is 97.1 Å². The molecule has 0 aliphatic heterocycles. The fraction of sp³-hybridized carbons (Fsp3) is 0. The first-order valence-corrected chi connectivity index (χ1v) is 13.2.